The van der Waals surface area contributed by atoms with Gasteiger partial charge in [-0.3, -0.25) is 9.00 Å². The second kappa shape index (κ2) is 5.96. The van der Waals surface area contributed by atoms with Crippen LogP contribution in [-0.2, 0) is 15.6 Å². The third-order valence-corrected chi connectivity index (χ3v) is 5.05. The molecule has 2 rings (SSSR count). The summed E-state index contributed by atoms with van der Waals surface area (Å²) in [4.78, 5) is 12.0. The lowest BCUT2D eigenvalue weighted by atomic mass is 9.98. The Bertz CT molecular complexity index is 299. The third-order valence-electron chi connectivity index (χ3n) is 3.67. The fraction of sp³-hybridized carbons (Fsp3) is 0.917. The number of hydrogen-bond acceptors (Lipinski definition) is 3. The quantitative estimate of drug-likeness (QED) is 0.760. The molecule has 0 spiro atoms. The molecule has 2 N–H and O–H groups in total. The van der Waals surface area contributed by atoms with E-state index >= 15 is 0 Å². The molecule has 0 bridgehead atoms. The first kappa shape index (κ1) is 13.0. The predicted octanol–water partition coefficient (Wildman–Crippen LogP) is 0.544. The maximum Gasteiger partial charge on any atom is 0.237 e. The summed E-state index contributed by atoms with van der Waals surface area (Å²) in [5.41, 5.74) is 0. The van der Waals surface area contributed by atoms with Crippen molar-refractivity contribution in [1.29, 1.82) is 0 Å². The molecule has 2 unspecified atom stereocenters. The van der Waals surface area contributed by atoms with Crippen LogP contribution in [0.2, 0.25) is 0 Å². The highest BCUT2D eigenvalue weighted by atomic mass is 32.2. The van der Waals surface area contributed by atoms with Crippen LogP contribution >= 0.6 is 0 Å². The van der Waals surface area contributed by atoms with Crippen LogP contribution in [0.3, 0.4) is 0 Å². The summed E-state index contributed by atoms with van der Waals surface area (Å²) in [6.07, 6.45) is 4.95. The molecular formula is C12H22N2O2S. The van der Waals surface area contributed by atoms with E-state index in [1.165, 1.54) is 0 Å². The van der Waals surface area contributed by atoms with Gasteiger partial charge in [-0.05, 0) is 39.0 Å². The zero-order valence-electron chi connectivity index (χ0n) is 10.4. The lowest BCUT2D eigenvalue weighted by molar-refractivity contribution is -0.124. The topological polar surface area (TPSA) is 58.2 Å². The average molecular weight is 258 g/mol. The summed E-state index contributed by atoms with van der Waals surface area (Å²) in [5.74, 6) is 1.60. The fourth-order valence-electron chi connectivity index (χ4n) is 2.58. The van der Waals surface area contributed by atoms with Crippen molar-refractivity contribution in [2.24, 2.45) is 0 Å². The molecule has 0 radical (unpaired) electrons. The van der Waals surface area contributed by atoms with Crippen LogP contribution in [0.1, 0.15) is 39.0 Å². The van der Waals surface area contributed by atoms with Gasteiger partial charge < -0.3 is 10.6 Å². The highest BCUT2D eigenvalue weighted by Gasteiger charge is 2.27. The van der Waals surface area contributed by atoms with E-state index in [0.717, 1.165) is 43.6 Å². The summed E-state index contributed by atoms with van der Waals surface area (Å²) < 4.78 is 11.2. The van der Waals surface area contributed by atoms with E-state index in [1.807, 2.05) is 0 Å². The van der Waals surface area contributed by atoms with Gasteiger partial charge in [0.15, 0.2) is 0 Å². The molecule has 5 heteroatoms. The number of nitrogens with one attached hydrogen (secondary N) is 2. The zero-order chi connectivity index (χ0) is 12.3. The van der Waals surface area contributed by atoms with Gasteiger partial charge in [0.25, 0.3) is 0 Å². The largest absolute Gasteiger partial charge is 0.352 e. The summed E-state index contributed by atoms with van der Waals surface area (Å²) >= 11 is 0. The van der Waals surface area contributed by atoms with Crippen LogP contribution in [0.4, 0.5) is 0 Å². The molecule has 2 aliphatic heterocycles. The van der Waals surface area contributed by atoms with Gasteiger partial charge >= 0.3 is 0 Å². The molecule has 0 saturated carbocycles. The number of hydrogen-bond donors (Lipinski definition) is 2. The van der Waals surface area contributed by atoms with E-state index < -0.39 is 10.8 Å². The van der Waals surface area contributed by atoms with Gasteiger partial charge in [-0.2, -0.15) is 0 Å². The molecule has 2 fully saturated rings. The van der Waals surface area contributed by atoms with E-state index in [2.05, 4.69) is 17.6 Å². The Kier molecular flexibility index (Phi) is 4.56. The standard InChI is InChI=1S/C12H22N2O2S/c1-9-3-2-4-11(13-9)12(15)14-10-5-7-17(16)8-6-10/h9-11,13H,2-8H2,1H3,(H,14,15). The fourth-order valence-corrected chi connectivity index (χ4v) is 3.88. The number of carbonyl (C=O) groups is 1. The Hall–Kier alpha value is -0.420. The molecule has 2 atom stereocenters. The van der Waals surface area contributed by atoms with Crippen LogP contribution in [0.25, 0.3) is 0 Å². The minimum absolute atomic E-state index is 0.0221. The van der Waals surface area contributed by atoms with Crippen LogP contribution in [0.15, 0.2) is 0 Å². The van der Waals surface area contributed by atoms with Gasteiger partial charge in [0, 0.05) is 34.4 Å². The molecule has 2 saturated heterocycles. The van der Waals surface area contributed by atoms with Gasteiger partial charge in [0.2, 0.25) is 5.91 Å². The SMILES string of the molecule is CC1CCCC(C(=O)NC2CCS(=O)CC2)N1. The van der Waals surface area contributed by atoms with Gasteiger partial charge in [-0.15, -0.1) is 0 Å². The van der Waals surface area contributed by atoms with Crippen molar-refractivity contribution in [2.75, 3.05) is 11.5 Å². The van der Waals surface area contributed by atoms with E-state index in [0.29, 0.717) is 6.04 Å². The van der Waals surface area contributed by atoms with E-state index in [-0.39, 0.29) is 18.0 Å². The highest BCUT2D eigenvalue weighted by molar-refractivity contribution is 7.85. The van der Waals surface area contributed by atoms with E-state index in [4.69, 9.17) is 0 Å². The molecule has 98 valence electrons. The van der Waals surface area contributed by atoms with Gasteiger partial charge in [0.1, 0.15) is 0 Å². The van der Waals surface area contributed by atoms with Crippen molar-refractivity contribution in [2.45, 2.75) is 57.2 Å². The third kappa shape index (κ3) is 3.78. The van der Waals surface area contributed by atoms with E-state index in [1.54, 1.807) is 0 Å². The number of rotatable bonds is 2. The summed E-state index contributed by atoms with van der Waals surface area (Å²) in [6, 6.07) is 0.656. The smallest absolute Gasteiger partial charge is 0.237 e. The second-order valence-corrected chi connectivity index (χ2v) is 6.88. The minimum atomic E-state index is -0.653. The first-order valence-corrected chi connectivity index (χ1v) is 8.05. The summed E-state index contributed by atoms with van der Waals surface area (Å²) in [7, 11) is -0.653. The van der Waals surface area contributed by atoms with Crippen molar-refractivity contribution >= 4 is 16.7 Å². The predicted molar refractivity (Wildman–Crippen MR) is 69.3 cm³/mol. The maximum atomic E-state index is 12.0. The molecular weight excluding hydrogens is 236 g/mol. The average Bonchev–Trinajstić information content (AvgIpc) is 2.32. The Morgan fingerprint density at radius 2 is 1.94 bits per heavy atom. The number of piperidine rings is 1. The molecule has 0 aliphatic carbocycles. The normalized spacial score (nSPS) is 38.6. The highest BCUT2D eigenvalue weighted by Crippen LogP contribution is 2.14. The molecule has 17 heavy (non-hydrogen) atoms. The van der Waals surface area contributed by atoms with Crippen molar-refractivity contribution in [3.63, 3.8) is 0 Å². The van der Waals surface area contributed by atoms with Crippen LogP contribution in [0, 0.1) is 0 Å². The lowest BCUT2D eigenvalue weighted by Crippen LogP contribution is -2.53. The first-order chi connectivity index (χ1) is 8.15. The Balaban J connectivity index is 1.78. The lowest BCUT2D eigenvalue weighted by Gasteiger charge is -2.30. The molecule has 1 amide bonds. The van der Waals surface area contributed by atoms with Crippen molar-refractivity contribution in [3.05, 3.63) is 0 Å². The van der Waals surface area contributed by atoms with Crippen molar-refractivity contribution in [1.82, 2.24) is 10.6 Å². The maximum absolute atomic E-state index is 12.0. The van der Waals surface area contributed by atoms with E-state index in [9.17, 15) is 9.00 Å². The van der Waals surface area contributed by atoms with Gasteiger partial charge in [-0.1, -0.05) is 0 Å². The summed E-state index contributed by atoms with van der Waals surface area (Å²) in [6.45, 7) is 2.13. The first-order valence-electron chi connectivity index (χ1n) is 6.56. The van der Waals surface area contributed by atoms with Crippen molar-refractivity contribution < 1.29 is 9.00 Å². The van der Waals surface area contributed by atoms with Crippen LogP contribution in [-0.4, -0.2) is 39.7 Å². The summed E-state index contributed by atoms with van der Waals surface area (Å²) in [5, 5.41) is 6.44. The molecule has 0 aromatic rings. The monoisotopic (exact) mass is 258 g/mol. The van der Waals surface area contributed by atoms with Gasteiger partial charge in [0.05, 0.1) is 6.04 Å². The minimum Gasteiger partial charge on any atom is -0.352 e. The second-order valence-electron chi connectivity index (χ2n) is 5.18. The Morgan fingerprint density at radius 3 is 2.59 bits per heavy atom. The van der Waals surface area contributed by atoms with Gasteiger partial charge in [-0.25, -0.2) is 0 Å². The Labute approximate surface area is 105 Å². The number of carbonyl (C=O) groups excluding carboxylic acids is 1. The zero-order valence-corrected chi connectivity index (χ0v) is 11.2. The van der Waals surface area contributed by atoms with Crippen molar-refractivity contribution in [3.8, 4) is 0 Å². The molecule has 0 aromatic heterocycles. The van der Waals surface area contributed by atoms with Crippen LogP contribution in [0.5, 0.6) is 0 Å². The molecule has 0 aromatic carbocycles. The molecule has 2 aliphatic rings. The Morgan fingerprint density at radius 1 is 1.24 bits per heavy atom. The van der Waals surface area contributed by atoms with Crippen LogP contribution < -0.4 is 10.6 Å². The molecule has 4 nitrogen and oxygen atoms in total. The number of amides is 1. The molecule has 2 heterocycles.